The van der Waals surface area contributed by atoms with Gasteiger partial charge in [-0.1, -0.05) is 13.8 Å². The van der Waals surface area contributed by atoms with Gasteiger partial charge >= 0.3 is 0 Å². The number of nitriles is 1. The Hall–Kier alpha value is -0.360. The van der Waals surface area contributed by atoms with Gasteiger partial charge in [0.1, 0.15) is 0 Å². The van der Waals surface area contributed by atoms with Gasteiger partial charge < -0.3 is 0 Å². The van der Waals surface area contributed by atoms with Crippen molar-refractivity contribution in [2.24, 2.45) is 11.8 Å². The third kappa shape index (κ3) is 2.54. The van der Waals surface area contributed by atoms with Gasteiger partial charge in [-0.15, -0.1) is 0 Å². The molecule has 0 heterocycles. The first kappa shape index (κ1) is 10.7. The van der Waals surface area contributed by atoms with E-state index < -0.39 is 10.8 Å². The summed E-state index contributed by atoms with van der Waals surface area (Å²) in [4.78, 5) is 0. The molecule has 1 aliphatic rings. The fourth-order valence-corrected chi connectivity index (χ4v) is 3.52. The van der Waals surface area contributed by atoms with Gasteiger partial charge in [0.2, 0.25) is 0 Å². The number of hydrogen-bond acceptors (Lipinski definition) is 2. The average Bonchev–Trinajstić information content (AvgIpc) is 2.16. The molecule has 1 saturated carbocycles. The highest BCUT2D eigenvalue weighted by Crippen LogP contribution is 2.31. The second-order valence-corrected chi connectivity index (χ2v) is 5.81. The predicted molar refractivity (Wildman–Crippen MR) is 54.6 cm³/mol. The standard InChI is InChI=1S/C10H17NOS/c1-3-13(12)10-6-8(2)4-5-9(10)7-11/h8-10H,3-6H2,1-2H3. The summed E-state index contributed by atoms with van der Waals surface area (Å²) < 4.78 is 11.6. The van der Waals surface area contributed by atoms with Gasteiger partial charge in [0.25, 0.3) is 0 Å². The van der Waals surface area contributed by atoms with Gasteiger partial charge in [0.15, 0.2) is 0 Å². The Morgan fingerprint density at radius 3 is 2.77 bits per heavy atom. The molecule has 0 aromatic heterocycles. The number of rotatable bonds is 2. The van der Waals surface area contributed by atoms with Crippen molar-refractivity contribution in [2.75, 3.05) is 5.75 Å². The minimum atomic E-state index is -0.787. The zero-order valence-electron chi connectivity index (χ0n) is 8.32. The molecule has 2 nitrogen and oxygen atoms in total. The maximum absolute atomic E-state index is 11.6. The fourth-order valence-electron chi connectivity index (χ4n) is 1.98. The SMILES string of the molecule is CCS(=O)C1CC(C)CCC1C#N. The second kappa shape index (κ2) is 4.76. The Kier molecular flexibility index (Phi) is 3.92. The molecule has 0 N–H and O–H groups in total. The zero-order chi connectivity index (χ0) is 9.84. The maximum atomic E-state index is 11.6. The van der Waals surface area contributed by atoms with Crippen LogP contribution in [0.25, 0.3) is 0 Å². The van der Waals surface area contributed by atoms with Crippen molar-refractivity contribution in [3.05, 3.63) is 0 Å². The quantitative estimate of drug-likeness (QED) is 0.683. The van der Waals surface area contributed by atoms with Crippen molar-refractivity contribution in [3.8, 4) is 6.07 Å². The minimum Gasteiger partial charge on any atom is -0.259 e. The van der Waals surface area contributed by atoms with Crippen LogP contribution < -0.4 is 0 Å². The molecule has 1 fully saturated rings. The van der Waals surface area contributed by atoms with E-state index in [4.69, 9.17) is 5.26 Å². The summed E-state index contributed by atoms with van der Waals surface area (Å²) in [6, 6.07) is 2.30. The molecule has 4 unspecified atom stereocenters. The second-order valence-electron chi connectivity index (χ2n) is 3.86. The van der Waals surface area contributed by atoms with Crippen molar-refractivity contribution < 1.29 is 4.21 Å². The fraction of sp³-hybridized carbons (Fsp3) is 0.900. The molecule has 4 atom stereocenters. The van der Waals surface area contributed by atoms with Crippen molar-refractivity contribution in [1.29, 1.82) is 5.26 Å². The van der Waals surface area contributed by atoms with Crippen LogP contribution in [0.4, 0.5) is 0 Å². The summed E-state index contributed by atoms with van der Waals surface area (Å²) in [5.41, 5.74) is 0. The van der Waals surface area contributed by atoms with Crippen LogP contribution in [0.2, 0.25) is 0 Å². The van der Waals surface area contributed by atoms with Crippen LogP contribution in [-0.2, 0) is 10.8 Å². The van der Waals surface area contributed by atoms with Gasteiger partial charge in [-0.25, -0.2) is 0 Å². The van der Waals surface area contributed by atoms with E-state index in [0.29, 0.717) is 11.7 Å². The van der Waals surface area contributed by atoms with Gasteiger partial charge in [0, 0.05) is 16.6 Å². The van der Waals surface area contributed by atoms with E-state index in [0.717, 1.165) is 19.3 Å². The summed E-state index contributed by atoms with van der Waals surface area (Å²) >= 11 is 0. The van der Waals surface area contributed by atoms with Crippen LogP contribution in [0.1, 0.15) is 33.1 Å². The first-order chi connectivity index (χ1) is 6.19. The smallest absolute Gasteiger partial charge is 0.0668 e. The first-order valence-corrected chi connectivity index (χ1v) is 6.34. The minimum absolute atomic E-state index is 0.0389. The van der Waals surface area contributed by atoms with Crippen molar-refractivity contribution >= 4 is 10.8 Å². The highest BCUT2D eigenvalue weighted by molar-refractivity contribution is 7.85. The molecule has 1 aliphatic carbocycles. The van der Waals surface area contributed by atoms with Crippen molar-refractivity contribution in [3.63, 3.8) is 0 Å². The normalized spacial score (nSPS) is 36.5. The molecular weight excluding hydrogens is 182 g/mol. The van der Waals surface area contributed by atoms with Crippen LogP contribution in [0, 0.1) is 23.2 Å². The molecular formula is C10H17NOS. The lowest BCUT2D eigenvalue weighted by molar-refractivity contribution is 0.341. The summed E-state index contributed by atoms with van der Waals surface area (Å²) in [6.07, 6.45) is 3.03. The van der Waals surface area contributed by atoms with Crippen LogP contribution in [0.5, 0.6) is 0 Å². The van der Waals surface area contributed by atoms with Gasteiger partial charge in [-0.2, -0.15) is 5.26 Å². The molecule has 0 amide bonds. The Labute approximate surface area is 82.8 Å². The molecule has 0 aromatic carbocycles. The summed E-state index contributed by atoms with van der Waals surface area (Å²) in [5, 5.41) is 9.05. The lowest BCUT2D eigenvalue weighted by Crippen LogP contribution is -2.32. The molecule has 0 saturated heterocycles. The largest absolute Gasteiger partial charge is 0.259 e. The average molecular weight is 199 g/mol. The molecule has 0 radical (unpaired) electrons. The molecule has 0 bridgehead atoms. The molecule has 3 heteroatoms. The van der Waals surface area contributed by atoms with Crippen LogP contribution in [0.15, 0.2) is 0 Å². The Bertz CT molecular complexity index is 234. The Balaban J connectivity index is 2.66. The van der Waals surface area contributed by atoms with E-state index in [1.807, 2.05) is 6.92 Å². The summed E-state index contributed by atoms with van der Waals surface area (Å²) in [7, 11) is -0.787. The van der Waals surface area contributed by atoms with Crippen LogP contribution in [0.3, 0.4) is 0 Å². The maximum Gasteiger partial charge on any atom is 0.0668 e. The van der Waals surface area contributed by atoms with Gasteiger partial charge in [0.05, 0.1) is 17.2 Å². The van der Waals surface area contributed by atoms with E-state index in [1.54, 1.807) is 0 Å². The van der Waals surface area contributed by atoms with E-state index in [-0.39, 0.29) is 11.2 Å². The molecule has 0 spiro atoms. The van der Waals surface area contributed by atoms with Crippen molar-refractivity contribution in [1.82, 2.24) is 0 Å². The Morgan fingerprint density at radius 2 is 2.23 bits per heavy atom. The van der Waals surface area contributed by atoms with E-state index >= 15 is 0 Å². The van der Waals surface area contributed by atoms with Crippen molar-refractivity contribution in [2.45, 2.75) is 38.4 Å². The molecule has 13 heavy (non-hydrogen) atoms. The van der Waals surface area contributed by atoms with E-state index in [1.165, 1.54) is 0 Å². The molecule has 1 rings (SSSR count). The number of hydrogen-bond donors (Lipinski definition) is 0. The van der Waals surface area contributed by atoms with E-state index in [9.17, 15) is 4.21 Å². The first-order valence-electron chi connectivity index (χ1n) is 4.95. The highest BCUT2D eigenvalue weighted by atomic mass is 32.2. The molecule has 0 aromatic rings. The lowest BCUT2D eigenvalue weighted by Gasteiger charge is -2.29. The van der Waals surface area contributed by atoms with Crippen LogP contribution in [-0.4, -0.2) is 15.2 Å². The number of nitrogens with zero attached hydrogens (tertiary/aromatic N) is 1. The lowest BCUT2D eigenvalue weighted by atomic mass is 9.83. The highest BCUT2D eigenvalue weighted by Gasteiger charge is 2.31. The Morgan fingerprint density at radius 1 is 1.54 bits per heavy atom. The summed E-state index contributed by atoms with van der Waals surface area (Å²) in [6.45, 7) is 4.12. The van der Waals surface area contributed by atoms with Gasteiger partial charge in [-0.05, 0) is 25.2 Å². The molecule has 0 aliphatic heterocycles. The topological polar surface area (TPSA) is 40.9 Å². The zero-order valence-corrected chi connectivity index (χ0v) is 9.14. The predicted octanol–water partition coefficient (Wildman–Crippen LogP) is 2.08. The monoisotopic (exact) mass is 199 g/mol. The van der Waals surface area contributed by atoms with Gasteiger partial charge in [-0.3, -0.25) is 4.21 Å². The summed E-state index contributed by atoms with van der Waals surface area (Å²) in [5.74, 6) is 1.37. The third-order valence-corrected chi connectivity index (χ3v) is 4.61. The van der Waals surface area contributed by atoms with E-state index in [2.05, 4.69) is 13.0 Å². The third-order valence-electron chi connectivity index (χ3n) is 2.84. The molecule has 74 valence electrons. The van der Waals surface area contributed by atoms with Crippen LogP contribution >= 0.6 is 0 Å².